The highest BCUT2D eigenvalue weighted by Crippen LogP contribution is 2.42. The lowest BCUT2D eigenvalue weighted by Gasteiger charge is -2.30. The van der Waals surface area contributed by atoms with E-state index < -0.39 is 6.04 Å². The second-order valence-electron chi connectivity index (χ2n) is 7.42. The number of ether oxygens (including phenoxy) is 3. The van der Waals surface area contributed by atoms with Gasteiger partial charge in [-0.25, -0.2) is 4.79 Å². The topological polar surface area (TPSA) is 100 Å². The van der Waals surface area contributed by atoms with Crippen LogP contribution in [-0.2, 0) is 9.53 Å². The highest BCUT2D eigenvalue weighted by Gasteiger charge is 2.36. The maximum absolute atomic E-state index is 13.3. The van der Waals surface area contributed by atoms with Crippen molar-refractivity contribution in [2.45, 2.75) is 51.2 Å². The molecule has 1 aromatic carbocycles. The maximum atomic E-state index is 13.3. The summed E-state index contributed by atoms with van der Waals surface area (Å²) in [5.41, 5.74) is 1.90. The van der Waals surface area contributed by atoms with Gasteiger partial charge >= 0.3 is 5.97 Å². The Hall–Kier alpha value is -2.62. The standard InChI is InChI=1S/C20H24BrN5O4/c1-11-16(19(27)30-13-7-5-4-6-8-13)17(26-20(22-11)23-24-25-26)12-9-14(21)18(29-3)15(10-12)28-2/h9-10,13,17H,4-8H2,1-3H3,(H,22,23,25). The molecule has 1 aliphatic carbocycles. The molecule has 160 valence electrons. The minimum Gasteiger partial charge on any atom is -0.493 e. The molecule has 9 nitrogen and oxygen atoms in total. The number of aromatic nitrogens is 4. The van der Waals surface area contributed by atoms with E-state index in [1.54, 1.807) is 18.9 Å². The Bertz CT molecular complexity index is 984. The van der Waals surface area contributed by atoms with Gasteiger partial charge in [0.05, 0.1) is 24.3 Å². The third kappa shape index (κ3) is 3.76. The number of carbonyl (C=O) groups is 1. The number of fused-ring (bicyclic) bond motifs is 1. The molecule has 4 rings (SSSR count). The molecule has 2 heterocycles. The lowest BCUT2D eigenvalue weighted by Crippen LogP contribution is -2.32. The van der Waals surface area contributed by atoms with Crippen LogP contribution in [0.25, 0.3) is 0 Å². The van der Waals surface area contributed by atoms with Crippen LogP contribution in [0.2, 0.25) is 0 Å². The van der Waals surface area contributed by atoms with E-state index in [1.165, 1.54) is 6.42 Å². The van der Waals surface area contributed by atoms with E-state index in [0.717, 1.165) is 31.2 Å². The highest BCUT2D eigenvalue weighted by molar-refractivity contribution is 9.10. The van der Waals surface area contributed by atoms with Gasteiger partial charge in [0.15, 0.2) is 11.5 Å². The molecule has 1 saturated carbocycles. The number of esters is 1. The molecule has 0 saturated heterocycles. The van der Waals surface area contributed by atoms with Gasteiger partial charge in [0.2, 0.25) is 5.95 Å². The van der Waals surface area contributed by atoms with Crippen molar-refractivity contribution in [1.82, 2.24) is 20.2 Å². The lowest BCUT2D eigenvalue weighted by atomic mass is 9.94. The van der Waals surface area contributed by atoms with Crippen LogP contribution in [0.4, 0.5) is 5.95 Å². The first-order valence-electron chi connectivity index (χ1n) is 9.91. The third-order valence-corrected chi connectivity index (χ3v) is 6.12. The van der Waals surface area contributed by atoms with Crippen LogP contribution in [0, 0.1) is 0 Å². The Kier molecular flexibility index (Phi) is 5.94. The van der Waals surface area contributed by atoms with Gasteiger partial charge in [-0.3, -0.25) is 0 Å². The van der Waals surface area contributed by atoms with Crippen molar-refractivity contribution in [2.75, 3.05) is 19.5 Å². The summed E-state index contributed by atoms with van der Waals surface area (Å²) in [6, 6.07) is 3.14. The average molecular weight is 478 g/mol. The second-order valence-corrected chi connectivity index (χ2v) is 8.27. The average Bonchev–Trinajstić information content (AvgIpc) is 3.20. The first kappa shape index (κ1) is 20.6. The van der Waals surface area contributed by atoms with Crippen molar-refractivity contribution in [3.05, 3.63) is 33.4 Å². The van der Waals surface area contributed by atoms with Gasteiger partial charge in [0.1, 0.15) is 12.1 Å². The van der Waals surface area contributed by atoms with Crippen LogP contribution in [0.5, 0.6) is 11.5 Å². The zero-order chi connectivity index (χ0) is 21.3. The molecule has 1 fully saturated rings. The van der Waals surface area contributed by atoms with E-state index in [2.05, 4.69) is 36.8 Å². The summed E-state index contributed by atoms with van der Waals surface area (Å²) < 4.78 is 19.1. The summed E-state index contributed by atoms with van der Waals surface area (Å²) >= 11 is 3.53. The SMILES string of the molecule is COc1cc(C2C(C(=O)OC3CCCCC3)=C(C)Nc3nnnn32)cc(Br)c1OC. The minimum absolute atomic E-state index is 0.0559. The van der Waals surface area contributed by atoms with Gasteiger partial charge in [-0.2, -0.15) is 4.68 Å². The summed E-state index contributed by atoms with van der Waals surface area (Å²) in [7, 11) is 3.14. The van der Waals surface area contributed by atoms with Crippen molar-refractivity contribution >= 4 is 27.8 Å². The molecule has 0 radical (unpaired) electrons. The van der Waals surface area contributed by atoms with Gasteiger partial charge in [-0.05, 0) is 76.7 Å². The van der Waals surface area contributed by atoms with Crippen LogP contribution in [0.3, 0.4) is 0 Å². The number of tetrazole rings is 1. The maximum Gasteiger partial charge on any atom is 0.338 e. The molecule has 1 aliphatic heterocycles. The van der Waals surface area contributed by atoms with E-state index in [9.17, 15) is 4.79 Å². The van der Waals surface area contributed by atoms with Crippen LogP contribution < -0.4 is 14.8 Å². The molecule has 2 aromatic rings. The number of halogens is 1. The predicted octanol–water partition coefficient (Wildman–Crippen LogP) is 3.62. The molecule has 0 amide bonds. The Labute approximate surface area is 182 Å². The summed E-state index contributed by atoms with van der Waals surface area (Å²) in [6.45, 7) is 1.83. The molecule has 30 heavy (non-hydrogen) atoms. The fourth-order valence-electron chi connectivity index (χ4n) is 4.08. The molecule has 2 aliphatic rings. The summed E-state index contributed by atoms with van der Waals surface area (Å²) in [6.07, 6.45) is 5.09. The van der Waals surface area contributed by atoms with Gasteiger partial charge < -0.3 is 19.5 Å². The number of carbonyl (C=O) groups excluding carboxylic acids is 1. The first-order valence-corrected chi connectivity index (χ1v) is 10.7. The summed E-state index contributed by atoms with van der Waals surface area (Å²) in [5, 5.41) is 15.0. The number of nitrogens with one attached hydrogen (secondary N) is 1. The monoisotopic (exact) mass is 477 g/mol. The second kappa shape index (κ2) is 8.63. The lowest BCUT2D eigenvalue weighted by molar-refractivity contribution is -0.146. The Balaban J connectivity index is 1.77. The van der Waals surface area contributed by atoms with E-state index >= 15 is 0 Å². The first-order chi connectivity index (χ1) is 14.5. The number of hydrogen-bond acceptors (Lipinski definition) is 8. The van der Waals surface area contributed by atoms with E-state index in [0.29, 0.717) is 33.2 Å². The molecule has 10 heteroatoms. The van der Waals surface area contributed by atoms with Crippen molar-refractivity contribution in [1.29, 1.82) is 0 Å². The minimum atomic E-state index is -0.566. The zero-order valence-corrected chi connectivity index (χ0v) is 18.7. The van der Waals surface area contributed by atoms with Crippen molar-refractivity contribution in [3.8, 4) is 11.5 Å². The Morgan fingerprint density at radius 1 is 1.20 bits per heavy atom. The van der Waals surface area contributed by atoms with E-state index in [4.69, 9.17) is 14.2 Å². The fraction of sp³-hybridized carbons (Fsp3) is 0.500. The number of methoxy groups -OCH3 is 2. The molecule has 0 spiro atoms. The van der Waals surface area contributed by atoms with E-state index in [-0.39, 0.29) is 12.1 Å². The number of anilines is 1. The normalized spacial score (nSPS) is 19.1. The summed E-state index contributed by atoms with van der Waals surface area (Å²) in [5.74, 6) is 1.20. The van der Waals surface area contributed by atoms with Crippen LogP contribution >= 0.6 is 15.9 Å². The largest absolute Gasteiger partial charge is 0.493 e. The molecule has 0 bridgehead atoms. The number of benzene rings is 1. The fourth-order valence-corrected chi connectivity index (χ4v) is 4.70. The number of rotatable bonds is 5. The zero-order valence-electron chi connectivity index (χ0n) is 17.1. The molecular formula is C20H24BrN5O4. The Morgan fingerprint density at radius 3 is 2.67 bits per heavy atom. The molecule has 1 N–H and O–H groups in total. The van der Waals surface area contributed by atoms with Gasteiger partial charge in [-0.1, -0.05) is 11.5 Å². The third-order valence-electron chi connectivity index (χ3n) is 5.53. The van der Waals surface area contributed by atoms with Crippen molar-refractivity contribution in [3.63, 3.8) is 0 Å². The van der Waals surface area contributed by atoms with E-state index in [1.807, 2.05) is 19.1 Å². The van der Waals surface area contributed by atoms with Gasteiger partial charge in [-0.15, -0.1) is 0 Å². The molecule has 1 aromatic heterocycles. The number of hydrogen-bond donors (Lipinski definition) is 1. The van der Waals surface area contributed by atoms with Gasteiger partial charge in [0, 0.05) is 5.70 Å². The highest BCUT2D eigenvalue weighted by atomic mass is 79.9. The number of allylic oxidation sites excluding steroid dienone is 1. The van der Waals surface area contributed by atoms with Crippen LogP contribution in [-0.4, -0.2) is 46.5 Å². The molecule has 1 atom stereocenters. The smallest absolute Gasteiger partial charge is 0.338 e. The van der Waals surface area contributed by atoms with Crippen molar-refractivity contribution in [2.24, 2.45) is 0 Å². The Morgan fingerprint density at radius 2 is 1.97 bits per heavy atom. The quantitative estimate of drug-likeness (QED) is 0.651. The molecular weight excluding hydrogens is 454 g/mol. The predicted molar refractivity (Wildman–Crippen MR) is 112 cm³/mol. The van der Waals surface area contributed by atoms with Gasteiger partial charge in [0.25, 0.3) is 0 Å². The number of nitrogens with zero attached hydrogens (tertiary/aromatic N) is 4. The molecule has 1 unspecified atom stereocenters. The van der Waals surface area contributed by atoms with Crippen LogP contribution in [0.15, 0.2) is 27.9 Å². The van der Waals surface area contributed by atoms with Crippen LogP contribution in [0.1, 0.15) is 50.6 Å². The van der Waals surface area contributed by atoms with Crippen molar-refractivity contribution < 1.29 is 19.0 Å². The summed E-state index contributed by atoms with van der Waals surface area (Å²) in [4.78, 5) is 13.3.